The number of benzene rings is 2. The topological polar surface area (TPSA) is 52.9 Å². The monoisotopic (exact) mass is 266 g/mol. The zero-order valence-electron chi connectivity index (χ0n) is 10.5. The maximum absolute atomic E-state index is 13.1. The van der Waals surface area contributed by atoms with E-state index in [2.05, 4.69) is 5.32 Å². The molecule has 0 aliphatic heterocycles. The summed E-state index contributed by atoms with van der Waals surface area (Å²) in [6, 6.07) is 16.3. The van der Waals surface area contributed by atoms with E-state index in [1.807, 2.05) is 12.1 Å². The Hall–Kier alpha value is -2.93. The van der Waals surface area contributed by atoms with Gasteiger partial charge in [0.1, 0.15) is 17.5 Å². The third kappa shape index (κ3) is 3.53. The number of nitrogens with one attached hydrogen (secondary N) is 1. The van der Waals surface area contributed by atoms with Gasteiger partial charge in [-0.25, -0.2) is 4.39 Å². The van der Waals surface area contributed by atoms with E-state index in [9.17, 15) is 9.18 Å². The zero-order valence-corrected chi connectivity index (χ0v) is 10.5. The molecule has 20 heavy (non-hydrogen) atoms. The van der Waals surface area contributed by atoms with Crippen LogP contribution in [0.4, 0.5) is 10.1 Å². The first-order valence-corrected chi connectivity index (χ1v) is 5.93. The normalized spacial score (nSPS) is 10.7. The maximum Gasteiger partial charge on any atom is 0.266 e. The number of nitrogens with zero attached hydrogens (tertiary/aromatic N) is 1. The second kappa shape index (κ2) is 6.30. The number of hydrogen-bond donors (Lipinski definition) is 1. The first-order chi connectivity index (χ1) is 9.69. The average Bonchev–Trinajstić information content (AvgIpc) is 2.46. The van der Waals surface area contributed by atoms with Crippen LogP contribution >= 0.6 is 0 Å². The summed E-state index contributed by atoms with van der Waals surface area (Å²) in [6.45, 7) is 0. The van der Waals surface area contributed by atoms with Crippen molar-refractivity contribution in [3.8, 4) is 6.07 Å². The number of carbonyl (C=O) groups is 1. The Morgan fingerprint density at radius 2 is 1.90 bits per heavy atom. The Kier molecular flexibility index (Phi) is 4.25. The van der Waals surface area contributed by atoms with E-state index >= 15 is 0 Å². The predicted octanol–water partition coefficient (Wildman–Crippen LogP) is 3.37. The lowest BCUT2D eigenvalue weighted by molar-refractivity contribution is -0.112. The van der Waals surface area contributed by atoms with E-state index in [0.29, 0.717) is 11.3 Å². The average molecular weight is 266 g/mol. The van der Waals surface area contributed by atoms with Crippen molar-refractivity contribution in [2.45, 2.75) is 0 Å². The van der Waals surface area contributed by atoms with Gasteiger partial charge in [0, 0.05) is 5.69 Å². The van der Waals surface area contributed by atoms with E-state index in [1.54, 1.807) is 30.3 Å². The van der Waals surface area contributed by atoms with Crippen molar-refractivity contribution in [1.82, 2.24) is 0 Å². The third-order valence-electron chi connectivity index (χ3n) is 2.56. The van der Waals surface area contributed by atoms with Gasteiger partial charge >= 0.3 is 0 Å². The molecule has 1 amide bonds. The van der Waals surface area contributed by atoms with Crippen molar-refractivity contribution < 1.29 is 9.18 Å². The highest BCUT2D eigenvalue weighted by molar-refractivity contribution is 6.09. The van der Waals surface area contributed by atoms with Crippen LogP contribution in [0.25, 0.3) is 6.08 Å². The van der Waals surface area contributed by atoms with Gasteiger partial charge in [0.15, 0.2) is 0 Å². The van der Waals surface area contributed by atoms with Gasteiger partial charge in [0.25, 0.3) is 5.91 Å². The largest absolute Gasteiger partial charge is 0.321 e. The summed E-state index contributed by atoms with van der Waals surface area (Å²) >= 11 is 0. The first-order valence-electron chi connectivity index (χ1n) is 5.93. The summed E-state index contributed by atoms with van der Waals surface area (Å²) in [4.78, 5) is 11.9. The van der Waals surface area contributed by atoms with Crippen LogP contribution in [-0.2, 0) is 4.79 Å². The lowest BCUT2D eigenvalue weighted by Crippen LogP contribution is -2.13. The molecule has 0 atom stereocenters. The minimum atomic E-state index is -0.525. The SMILES string of the molecule is N#C/C(=C\c1cccc(F)c1)C(=O)Nc1ccccc1. The highest BCUT2D eigenvalue weighted by Gasteiger charge is 2.09. The summed E-state index contributed by atoms with van der Waals surface area (Å²) in [6.07, 6.45) is 1.35. The molecule has 0 saturated heterocycles. The van der Waals surface area contributed by atoms with Crippen LogP contribution in [0.5, 0.6) is 0 Å². The molecule has 0 aromatic heterocycles. The number of para-hydroxylation sites is 1. The van der Waals surface area contributed by atoms with Crippen molar-refractivity contribution >= 4 is 17.7 Å². The molecule has 3 nitrogen and oxygen atoms in total. The van der Waals surface area contributed by atoms with Crippen LogP contribution in [0.2, 0.25) is 0 Å². The molecule has 0 fully saturated rings. The van der Waals surface area contributed by atoms with Gasteiger partial charge in [-0.3, -0.25) is 4.79 Å². The molecule has 0 unspecified atom stereocenters. The van der Waals surface area contributed by atoms with Crippen LogP contribution in [0.1, 0.15) is 5.56 Å². The fourth-order valence-corrected chi connectivity index (χ4v) is 1.63. The van der Waals surface area contributed by atoms with Crippen molar-refractivity contribution in [3.05, 3.63) is 71.6 Å². The van der Waals surface area contributed by atoms with Crippen LogP contribution in [-0.4, -0.2) is 5.91 Å². The molecule has 0 spiro atoms. The fourth-order valence-electron chi connectivity index (χ4n) is 1.63. The van der Waals surface area contributed by atoms with Crippen molar-refractivity contribution in [2.24, 2.45) is 0 Å². The molecule has 0 aliphatic rings. The molecule has 0 saturated carbocycles. The van der Waals surface area contributed by atoms with Crippen LogP contribution in [0.15, 0.2) is 60.2 Å². The summed E-state index contributed by atoms with van der Waals surface area (Å²) < 4.78 is 13.1. The van der Waals surface area contributed by atoms with Gasteiger partial charge in [-0.1, -0.05) is 30.3 Å². The lowest BCUT2D eigenvalue weighted by atomic mass is 10.1. The van der Waals surface area contributed by atoms with E-state index in [0.717, 1.165) is 0 Å². The van der Waals surface area contributed by atoms with Gasteiger partial charge in [-0.2, -0.15) is 5.26 Å². The molecule has 0 aliphatic carbocycles. The predicted molar refractivity (Wildman–Crippen MR) is 75.1 cm³/mol. The molecule has 98 valence electrons. The molecule has 2 aromatic carbocycles. The van der Waals surface area contributed by atoms with Gasteiger partial charge in [0.2, 0.25) is 0 Å². The number of halogens is 1. The van der Waals surface area contributed by atoms with Crippen molar-refractivity contribution in [3.63, 3.8) is 0 Å². The van der Waals surface area contributed by atoms with Crippen LogP contribution < -0.4 is 5.32 Å². The Morgan fingerprint density at radius 3 is 2.55 bits per heavy atom. The van der Waals surface area contributed by atoms with Crippen LogP contribution in [0.3, 0.4) is 0 Å². The highest BCUT2D eigenvalue weighted by Crippen LogP contribution is 2.11. The van der Waals surface area contributed by atoms with Crippen LogP contribution in [0, 0.1) is 17.1 Å². The maximum atomic E-state index is 13.1. The van der Waals surface area contributed by atoms with E-state index in [1.165, 1.54) is 24.3 Å². The molecule has 0 bridgehead atoms. The molecule has 2 rings (SSSR count). The quantitative estimate of drug-likeness (QED) is 0.684. The highest BCUT2D eigenvalue weighted by atomic mass is 19.1. The molecule has 1 N–H and O–H groups in total. The zero-order chi connectivity index (χ0) is 14.4. The number of rotatable bonds is 3. The Morgan fingerprint density at radius 1 is 1.15 bits per heavy atom. The summed E-state index contributed by atoms with van der Waals surface area (Å²) in [7, 11) is 0. The number of amides is 1. The summed E-state index contributed by atoms with van der Waals surface area (Å²) in [5.74, 6) is -0.942. The Labute approximate surface area is 116 Å². The molecule has 0 heterocycles. The van der Waals surface area contributed by atoms with Crippen molar-refractivity contribution in [1.29, 1.82) is 5.26 Å². The lowest BCUT2D eigenvalue weighted by Gasteiger charge is -2.03. The van der Waals surface area contributed by atoms with E-state index < -0.39 is 11.7 Å². The fraction of sp³-hybridized carbons (Fsp3) is 0. The standard InChI is InChI=1S/C16H11FN2O/c17-14-6-4-5-12(10-14)9-13(11-18)16(20)19-15-7-2-1-3-8-15/h1-10H,(H,19,20)/b13-9+. The number of hydrogen-bond acceptors (Lipinski definition) is 2. The number of nitriles is 1. The summed E-state index contributed by atoms with van der Waals surface area (Å²) in [5, 5.41) is 11.6. The second-order valence-corrected chi connectivity index (χ2v) is 4.04. The Bertz CT molecular complexity index is 687. The van der Waals surface area contributed by atoms with E-state index in [-0.39, 0.29) is 5.57 Å². The minimum Gasteiger partial charge on any atom is -0.321 e. The van der Waals surface area contributed by atoms with Gasteiger partial charge in [-0.15, -0.1) is 0 Å². The van der Waals surface area contributed by atoms with E-state index in [4.69, 9.17) is 5.26 Å². The number of anilines is 1. The Balaban J connectivity index is 2.20. The van der Waals surface area contributed by atoms with Gasteiger partial charge in [-0.05, 0) is 35.9 Å². The minimum absolute atomic E-state index is 0.0838. The molecule has 0 radical (unpaired) electrons. The van der Waals surface area contributed by atoms with Gasteiger partial charge < -0.3 is 5.32 Å². The van der Waals surface area contributed by atoms with Crippen molar-refractivity contribution in [2.75, 3.05) is 5.32 Å². The molecular weight excluding hydrogens is 255 g/mol. The molecule has 4 heteroatoms. The second-order valence-electron chi connectivity index (χ2n) is 4.04. The first kappa shape index (κ1) is 13.5. The number of carbonyl (C=O) groups excluding carboxylic acids is 1. The van der Waals surface area contributed by atoms with Gasteiger partial charge in [0.05, 0.1) is 0 Å². The smallest absolute Gasteiger partial charge is 0.266 e. The summed E-state index contributed by atoms with van der Waals surface area (Å²) in [5.41, 5.74) is 0.974. The molecular formula is C16H11FN2O. The third-order valence-corrected chi connectivity index (χ3v) is 2.56. The molecule has 2 aromatic rings.